The summed E-state index contributed by atoms with van der Waals surface area (Å²) < 4.78 is 12.0. The van der Waals surface area contributed by atoms with Crippen LogP contribution in [0, 0.1) is 6.92 Å². The van der Waals surface area contributed by atoms with E-state index in [1.165, 1.54) is 12.0 Å². The topological polar surface area (TPSA) is 137 Å². The molecule has 1 aliphatic heterocycles. The van der Waals surface area contributed by atoms with E-state index >= 15 is 0 Å². The first-order chi connectivity index (χ1) is 23.5. The minimum atomic E-state index is -0.787. The minimum absolute atomic E-state index is 0. The Labute approximate surface area is 299 Å². The largest absolute Gasteiger partial charge is 0.495 e. The molecule has 1 aliphatic rings. The van der Waals surface area contributed by atoms with Crippen LogP contribution < -0.4 is 25.0 Å². The summed E-state index contributed by atoms with van der Waals surface area (Å²) in [7, 11) is 8.96. The predicted octanol–water partition coefficient (Wildman–Crippen LogP) is 5.12. The van der Waals surface area contributed by atoms with Crippen molar-refractivity contribution in [1.29, 1.82) is 0 Å². The van der Waals surface area contributed by atoms with E-state index < -0.39 is 11.8 Å². The number of aromatic amines is 1. The number of aryl methyl sites for hydroxylation is 1. The zero-order valence-electron chi connectivity index (χ0n) is 29.7. The predicted molar refractivity (Wildman–Crippen MR) is 200 cm³/mol. The van der Waals surface area contributed by atoms with Crippen molar-refractivity contribution >= 4 is 52.8 Å². The molecule has 4 aromatic rings. The summed E-state index contributed by atoms with van der Waals surface area (Å²) >= 11 is 0. The average Bonchev–Trinajstić information content (AvgIpc) is 3.54. The molecule has 50 heavy (non-hydrogen) atoms. The molecule has 5 rings (SSSR count). The van der Waals surface area contributed by atoms with E-state index in [1.54, 1.807) is 19.2 Å². The number of para-hydroxylation sites is 1. The van der Waals surface area contributed by atoms with Gasteiger partial charge < -0.3 is 39.8 Å². The van der Waals surface area contributed by atoms with Gasteiger partial charge in [0.15, 0.2) is 0 Å². The Hall–Kier alpha value is -4.81. The molecule has 2 heterocycles. The van der Waals surface area contributed by atoms with E-state index in [0.29, 0.717) is 41.5 Å². The summed E-state index contributed by atoms with van der Waals surface area (Å²) in [6.07, 6.45) is 2.96. The van der Waals surface area contributed by atoms with E-state index in [1.807, 2.05) is 67.2 Å². The fraction of sp³-hybridized carbons (Fsp3) is 0.405. The number of ether oxygens (including phenoxy) is 2. The Morgan fingerprint density at radius 3 is 2.38 bits per heavy atom. The number of carbonyl (C=O) groups is 3. The number of H-pyrrole nitrogens is 1. The Bertz CT molecular complexity index is 1830. The number of hydrogen-bond acceptors (Lipinski definition) is 8. The Balaban J connectivity index is 0.00000562. The number of hydrogen-bond donors (Lipinski definition) is 2. The third kappa shape index (κ3) is 8.31. The number of methoxy groups -OCH3 is 1. The summed E-state index contributed by atoms with van der Waals surface area (Å²) in [5.74, 6) is 0.410. The quantitative estimate of drug-likeness (QED) is 0.183. The number of amides is 3. The number of halogens is 1. The number of imidazole rings is 1. The highest BCUT2D eigenvalue weighted by atomic mass is 35.5. The van der Waals surface area contributed by atoms with Crippen molar-refractivity contribution in [3.05, 3.63) is 65.2 Å². The van der Waals surface area contributed by atoms with Crippen LogP contribution in [0.25, 0.3) is 22.2 Å². The van der Waals surface area contributed by atoms with E-state index in [2.05, 4.69) is 16.9 Å². The third-order valence-corrected chi connectivity index (χ3v) is 8.98. The maximum absolute atomic E-state index is 14.1. The van der Waals surface area contributed by atoms with Gasteiger partial charge >= 0.3 is 0 Å². The number of nitrogens with two attached hydrogens (primary N) is 1. The zero-order valence-corrected chi connectivity index (χ0v) is 30.6. The lowest BCUT2D eigenvalue weighted by Gasteiger charge is -2.32. The number of benzene rings is 3. The fourth-order valence-corrected chi connectivity index (χ4v) is 6.13. The Morgan fingerprint density at radius 1 is 0.960 bits per heavy atom. The van der Waals surface area contributed by atoms with Gasteiger partial charge in [0.05, 0.1) is 41.6 Å². The Morgan fingerprint density at radius 2 is 1.70 bits per heavy atom. The molecule has 13 heteroatoms. The summed E-state index contributed by atoms with van der Waals surface area (Å²) in [6, 6.07) is 14.7. The number of anilines is 2. The number of piperazine rings is 1. The van der Waals surface area contributed by atoms with Gasteiger partial charge in [-0.2, -0.15) is 0 Å². The normalized spacial score (nSPS) is 13.1. The van der Waals surface area contributed by atoms with Crippen molar-refractivity contribution in [2.24, 2.45) is 5.73 Å². The minimum Gasteiger partial charge on any atom is -0.495 e. The van der Waals surface area contributed by atoms with Gasteiger partial charge in [-0.3, -0.25) is 14.4 Å². The molecule has 3 amide bonds. The number of rotatable bonds is 13. The maximum Gasteiger partial charge on any atom is 0.259 e. The molecule has 12 nitrogen and oxygen atoms in total. The number of carbonyl (C=O) groups excluding carboxylic acids is 3. The van der Waals surface area contributed by atoms with Gasteiger partial charge in [-0.15, -0.1) is 12.4 Å². The molecule has 0 bridgehead atoms. The van der Waals surface area contributed by atoms with Crippen molar-refractivity contribution in [2.45, 2.75) is 32.6 Å². The van der Waals surface area contributed by atoms with Crippen LogP contribution in [0.4, 0.5) is 11.6 Å². The van der Waals surface area contributed by atoms with Gasteiger partial charge in [0, 0.05) is 64.9 Å². The lowest BCUT2D eigenvalue weighted by Crippen LogP contribution is -2.47. The zero-order chi connectivity index (χ0) is 35.2. The summed E-state index contributed by atoms with van der Waals surface area (Å²) in [5, 5.41) is 0. The van der Waals surface area contributed by atoms with Crippen LogP contribution in [0.3, 0.4) is 0 Å². The van der Waals surface area contributed by atoms with Crippen LogP contribution >= 0.6 is 12.4 Å². The summed E-state index contributed by atoms with van der Waals surface area (Å²) in [5.41, 5.74) is 10.4. The standard InChI is InChI=1S/C37H47N7O5.ClH/c1-24-14-17-29(30(23-24)49-22-9-7-8-13-31(45)44-20-18-42(4)19-21-44)43(5)36(47)27-16-15-26(34(48-6)32(27)35(38)46)25-11-10-12-28-33(25)40-37(39-28)41(2)3;/h10-12,14-17,23H,7-9,13,18-22H2,1-6H3,(H2,38,46)(H,39,40);1H. The van der Waals surface area contributed by atoms with E-state index in [-0.39, 0.29) is 35.2 Å². The highest BCUT2D eigenvalue weighted by molar-refractivity contribution is 6.15. The fourth-order valence-electron chi connectivity index (χ4n) is 6.13. The molecule has 3 N–H and O–H groups in total. The molecule has 1 saturated heterocycles. The van der Waals surface area contributed by atoms with Gasteiger partial charge in [-0.1, -0.05) is 18.2 Å². The molecule has 0 spiro atoms. The van der Waals surface area contributed by atoms with E-state index in [0.717, 1.165) is 62.1 Å². The smallest absolute Gasteiger partial charge is 0.259 e. The van der Waals surface area contributed by atoms with E-state index in [9.17, 15) is 14.4 Å². The van der Waals surface area contributed by atoms with Crippen molar-refractivity contribution in [1.82, 2.24) is 19.8 Å². The first kappa shape index (κ1) is 38.0. The Kier molecular flexibility index (Phi) is 12.7. The first-order valence-electron chi connectivity index (χ1n) is 16.6. The van der Waals surface area contributed by atoms with Crippen molar-refractivity contribution in [3.63, 3.8) is 0 Å². The molecular formula is C37H48ClN7O5. The van der Waals surface area contributed by atoms with Crippen LogP contribution in [-0.4, -0.2) is 106 Å². The summed E-state index contributed by atoms with van der Waals surface area (Å²) in [4.78, 5) is 55.2. The highest BCUT2D eigenvalue weighted by Crippen LogP contribution is 2.39. The SMILES string of the molecule is COc1c(-c2cccc3[nH]c(N(C)C)nc23)ccc(C(=O)N(C)c2ccc(C)cc2OCCCCCC(=O)N2CCN(C)CC2)c1C(N)=O.Cl. The monoisotopic (exact) mass is 705 g/mol. The van der Waals surface area contributed by atoms with Gasteiger partial charge in [0.25, 0.3) is 11.8 Å². The van der Waals surface area contributed by atoms with Gasteiger partial charge in [0.1, 0.15) is 11.5 Å². The molecule has 0 aliphatic carbocycles. The number of aromatic nitrogens is 2. The number of nitrogens with zero attached hydrogens (tertiary/aromatic N) is 5. The third-order valence-electron chi connectivity index (χ3n) is 8.98. The lowest BCUT2D eigenvalue weighted by molar-refractivity contribution is -0.132. The number of primary amides is 1. The second-order valence-electron chi connectivity index (χ2n) is 12.8. The molecule has 3 aromatic carbocycles. The van der Waals surface area contributed by atoms with Crippen molar-refractivity contribution in [2.75, 3.05) is 77.9 Å². The second kappa shape index (κ2) is 16.7. The number of unbranched alkanes of at least 4 members (excludes halogenated alkanes) is 2. The van der Waals surface area contributed by atoms with Crippen LogP contribution in [-0.2, 0) is 4.79 Å². The van der Waals surface area contributed by atoms with Gasteiger partial charge in [0.2, 0.25) is 11.9 Å². The summed E-state index contributed by atoms with van der Waals surface area (Å²) in [6.45, 7) is 5.80. The van der Waals surface area contributed by atoms with Crippen LogP contribution in [0.1, 0.15) is 52.0 Å². The van der Waals surface area contributed by atoms with Gasteiger partial charge in [-0.25, -0.2) is 4.98 Å². The highest BCUT2D eigenvalue weighted by Gasteiger charge is 2.28. The molecule has 0 saturated carbocycles. The van der Waals surface area contributed by atoms with Gasteiger partial charge in [-0.05, 0) is 69.1 Å². The average molecular weight is 706 g/mol. The first-order valence-corrected chi connectivity index (χ1v) is 16.6. The molecule has 0 atom stereocenters. The number of fused-ring (bicyclic) bond motifs is 1. The second-order valence-corrected chi connectivity index (χ2v) is 12.8. The molecule has 1 aromatic heterocycles. The van der Waals surface area contributed by atoms with Crippen LogP contribution in [0.2, 0.25) is 0 Å². The molecule has 0 unspecified atom stereocenters. The van der Waals surface area contributed by atoms with Crippen LogP contribution in [0.15, 0.2) is 48.5 Å². The molecule has 1 fully saturated rings. The number of likely N-dealkylation sites (N-methyl/N-ethyl adjacent to an activating group) is 1. The van der Waals surface area contributed by atoms with E-state index in [4.69, 9.17) is 20.2 Å². The number of nitrogens with one attached hydrogen (secondary N) is 1. The van der Waals surface area contributed by atoms with Crippen LogP contribution in [0.5, 0.6) is 11.5 Å². The maximum atomic E-state index is 14.1. The lowest BCUT2D eigenvalue weighted by atomic mass is 9.95. The van der Waals surface area contributed by atoms with Crippen molar-refractivity contribution < 1.29 is 23.9 Å². The van der Waals surface area contributed by atoms with Crippen molar-refractivity contribution in [3.8, 4) is 22.6 Å². The molecule has 268 valence electrons. The molecule has 0 radical (unpaired) electrons. The molecular weight excluding hydrogens is 658 g/mol.